The number of nitrogens with zero attached hydrogens (tertiary/aromatic N) is 1. The molecule has 0 aliphatic heterocycles. The molecule has 7 aromatic carbocycles. The maximum absolute atomic E-state index is 14.6. The molecule has 280 valence electrons. The van der Waals surface area contributed by atoms with Crippen molar-refractivity contribution in [1.82, 2.24) is 0 Å². The van der Waals surface area contributed by atoms with Crippen molar-refractivity contribution >= 4 is 17.1 Å². The van der Waals surface area contributed by atoms with Crippen molar-refractivity contribution in [3.05, 3.63) is 186 Å². The molecule has 0 N–H and O–H groups in total. The standard InChI is InChI=1S/C55H48FN/c1-54(2)50-14-8-6-13-47(50)48-26-25-45(32-51(48)54)57(52-15-9-7-12-46(52)40-10-4-3-5-11-40)53-27-20-42(31-49(53)41-18-23-44(56)24-19-41)39-16-21-43(22-17-39)55-33-36-28-37(34-55)30-38(29-36)35-55/h3-27,31-32,36-38H,28-30,33-35H2,1-2H3. The molecule has 0 amide bonds. The van der Waals surface area contributed by atoms with Crippen LogP contribution in [0.3, 0.4) is 0 Å². The van der Waals surface area contributed by atoms with Crippen molar-refractivity contribution in [1.29, 1.82) is 0 Å². The molecular weight excluding hydrogens is 694 g/mol. The van der Waals surface area contributed by atoms with Gasteiger partial charge in [-0.1, -0.05) is 135 Å². The molecule has 2 heteroatoms. The Hall–Kier alpha value is -5.73. The van der Waals surface area contributed by atoms with Crippen LogP contribution in [0, 0.1) is 23.6 Å². The average molecular weight is 742 g/mol. The van der Waals surface area contributed by atoms with Gasteiger partial charge in [-0.2, -0.15) is 0 Å². The summed E-state index contributed by atoms with van der Waals surface area (Å²) in [5, 5.41) is 0. The lowest BCUT2D eigenvalue weighted by molar-refractivity contribution is -0.00518. The van der Waals surface area contributed by atoms with Crippen LogP contribution in [0.25, 0.3) is 44.5 Å². The Bertz CT molecular complexity index is 2600. The molecule has 0 atom stereocenters. The van der Waals surface area contributed by atoms with Crippen molar-refractivity contribution < 1.29 is 4.39 Å². The van der Waals surface area contributed by atoms with Crippen LogP contribution < -0.4 is 4.90 Å². The topological polar surface area (TPSA) is 3.24 Å². The van der Waals surface area contributed by atoms with Crippen molar-refractivity contribution in [2.24, 2.45) is 17.8 Å². The molecule has 5 aliphatic rings. The fourth-order valence-electron chi connectivity index (χ4n) is 12.0. The SMILES string of the molecule is CC1(C)c2ccccc2-c2ccc(N(c3ccccc3-c3ccccc3)c3ccc(-c4ccc(C56CC7CC(CC(C7)C5)C6)cc4)cc3-c3ccc(F)cc3)cc21. The lowest BCUT2D eigenvalue weighted by Crippen LogP contribution is -2.48. The number of para-hydroxylation sites is 1. The smallest absolute Gasteiger partial charge is 0.123 e. The van der Waals surface area contributed by atoms with E-state index in [1.54, 1.807) is 17.7 Å². The lowest BCUT2D eigenvalue weighted by Gasteiger charge is -2.57. The Balaban J connectivity index is 1.08. The van der Waals surface area contributed by atoms with Gasteiger partial charge < -0.3 is 4.90 Å². The van der Waals surface area contributed by atoms with E-state index < -0.39 is 0 Å². The van der Waals surface area contributed by atoms with Gasteiger partial charge in [0.25, 0.3) is 0 Å². The van der Waals surface area contributed by atoms with E-state index in [2.05, 4.69) is 158 Å². The zero-order chi connectivity index (χ0) is 38.3. The zero-order valence-corrected chi connectivity index (χ0v) is 32.9. The second kappa shape index (κ2) is 13.2. The summed E-state index contributed by atoms with van der Waals surface area (Å²) in [7, 11) is 0. The van der Waals surface area contributed by atoms with Crippen LogP contribution in [-0.4, -0.2) is 0 Å². The van der Waals surface area contributed by atoms with Gasteiger partial charge in [-0.25, -0.2) is 4.39 Å². The zero-order valence-electron chi connectivity index (χ0n) is 32.9. The molecule has 4 saturated carbocycles. The van der Waals surface area contributed by atoms with E-state index >= 15 is 0 Å². The van der Waals surface area contributed by atoms with Crippen molar-refractivity contribution in [3.63, 3.8) is 0 Å². The van der Waals surface area contributed by atoms with Gasteiger partial charge in [0.05, 0.1) is 11.4 Å². The third-order valence-electron chi connectivity index (χ3n) is 14.3. The molecule has 12 rings (SSSR count). The molecule has 4 bridgehead atoms. The monoisotopic (exact) mass is 741 g/mol. The van der Waals surface area contributed by atoms with Gasteiger partial charge in [-0.05, 0) is 154 Å². The lowest BCUT2D eigenvalue weighted by atomic mass is 9.48. The van der Waals surface area contributed by atoms with E-state index in [4.69, 9.17) is 0 Å². The highest BCUT2D eigenvalue weighted by atomic mass is 19.1. The van der Waals surface area contributed by atoms with E-state index in [1.165, 1.54) is 66.3 Å². The highest BCUT2D eigenvalue weighted by Crippen LogP contribution is 2.61. The normalized spacial score (nSPS) is 22.3. The number of hydrogen-bond donors (Lipinski definition) is 0. The molecule has 0 radical (unpaired) electrons. The van der Waals surface area contributed by atoms with Gasteiger partial charge in [0.15, 0.2) is 0 Å². The first-order valence-electron chi connectivity index (χ1n) is 21.0. The van der Waals surface area contributed by atoms with Crippen LogP contribution in [0.4, 0.5) is 21.5 Å². The second-order valence-electron chi connectivity index (χ2n) is 18.1. The Labute approximate surface area is 336 Å². The minimum atomic E-state index is -0.233. The number of benzene rings is 7. The fourth-order valence-corrected chi connectivity index (χ4v) is 12.0. The summed E-state index contributed by atoms with van der Waals surface area (Å²) in [6.45, 7) is 4.69. The predicted molar refractivity (Wildman–Crippen MR) is 235 cm³/mol. The van der Waals surface area contributed by atoms with Crippen LogP contribution in [-0.2, 0) is 10.8 Å². The summed E-state index contributed by atoms with van der Waals surface area (Å²) < 4.78 is 14.6. The Kier molecular flexibility index (Phi) is 7.97. The largest absolute Gasteiger partial charge is 0.309 e. The van der Waals surface area contributed by atoms with Crippen LogP contribution in [0.1, 0.15) is 69.1 Å². The second-order valence-corrected chi connectivity index (χ2v) is 18.1. The maximum Gasteiger partial charge on any atom is 0.123 e. The van der Waals surface area contributed by atoms with Crippen LogP contribution >= 0.6 is 0 Å². The van der Waals surface area contributed by atoms with E-state index in [0.29, 0.717) is 5.41 Å². The summed E-state index contributed by atoms with van der Waals surface area (Å²) in [6.07, 6.45) is 8.48. The van der Waals surface area contributed by atoms with E-state index in [9.17, 15) is 4.39 Å². The highest BCUT2D eigenvalue weighted by molar-refractivity contribution is 5.96. The number of halogens is 1. The summed E-state index contributed by atoms with van der Waals surface area (Å²) >= 11 is 0. The molecule has 0 heterocycles. The minimum absolute atomic E-state index is 0.154. The van der Waals surface area contributed by atoms with Gasteiger partial charge >= 0.3 is 0 Å². The molecule has 57 heavy (non-hydrogen) atoms. The van der Waals surface area contributed by atoms with E-state index in [1.807, 2.05) is 12.1 Å². The minimum Gasteiger partial charge on any atom is -0.309 e. The molecule has 0 saturated heterocycles. The van der Waals surface area contributed by atoms with Gasteiger partial charge in [-0.3, -0.25) is 0 Å². The first-order chi connectivity index (χ1) is 27.8. The van der Waals surface area contributed by atoms with E-state index in [-0.39, 0.29) is 11.2 Å². The molecule has 0 unspecified atom stereocenters. The summed E-state index contributed by atoms with van der Waals surface area (Å²) in [6, 6.07) is 58.8. The first-order valence-corrected chi connectivity index (χ1v) is 21.0. The van der Waals surface area contributed by atoms with Crippen molar-refractivity contribution in [2.75, 3.05) is 4.90 Å². The molecule has 7 aromatic rings. The molecule has 5 aliphatic carbocycles. The molecule has 0 spiro atoms. The van der Waals surface area contributed by atoms with Gasteiger partial charge in [-0.15, -0.1) is 0 Å². The Morgan fingerprint density at radius 1 is 0.456 bits per heavy atom. The van der Waals surface area contributed by atoms with Crippen LogP contribution in [0.15, 0.2) is 164 Å². The van der Waals surface area contributed by atoms with Gasteiger partial charge in [0.2, 0.25) is 0 Å². The summed E-state index contributed by atoms with van der Waals surface area (Å²) in [5.74, 6) is 2.53. The Morgan fingerprint density at radius 2 is 1.02 bits per heavy atom. The van der Waals surface area contributed by atoms with Crippen molar-refractivity contribution in [2.45, 2.75) is 63.2 Å². The number of rotatable bonds is 7. The highest BCUT2D eigenvalue weighted by Gasteiger charge is 2.51. The fraction of sp³-hybridized carbons (Fsp3) is 0.236. The number of fused-ring (bicyclic) bond motifs is 3. The van der Waals surface area contributed by atoms with Crippen LogP contribution in [0.5, 0.6) is 0 Å². The molecular formula is C55H48FN. The molecule has 0 aromatic heterocycles. The Morgan fingerprint density at radius 3 is 1.74 bits per heavy atom. The number of hydrogen-bond acceptors (Lipinski definition) is 1. The molecule has 1 nitrogen and oxygen atoms in total. The maximum atomic E-state index is 14.6. The third-order valence-corrected chi connectivity index (χ3v) is 14.3. The van der Waals surface area contributed by atoms with Crippen molar-refractivity contribution in [3.8, 4) is 44.5 Å². The first kappa shape index (κ1) is 34.5. The number of anilines is 3. The quantitative estimate of drug-likeness (QED) is 0.157. The third kappa shape index (κ3) is 5.71. The van der Waals surface area contributed by atoms with Gasteiger partial charge in [0.1, 0.15) is 5.82 Å². The predicted octanol–water partition coefficient (Wildman–Crippen LogP) is 15.1. The summed E-state index contributed by atoms with van der Waals surface area (Å²) in [4.78, 5) is 2.43. The van der Waals surface area contributed by atoms with Gasteiger partial charge in [0, 0.05) is 22.2 Å². The summed E-state index contributed by atoms with van der Waals surface area (Å²) in [5.41, 5.74) is 17.0. The average Bonchev–Trinajstić information content (AvgIpc) is 3.47. The van der Waals surface area contributed by atoms with Crippen LogP contribution in [0.2, 0.25) is 0 Å². The van der Waals surface area contributed by atoms with E-state index in [0.717, 1.165) is 62.6 Å². The molecule has 4 fully saturated rings.